The molecule has 1 aliphatic carbocycles. The van der Waals surface area contributed by atoms with E-state index in [1.807, 2.05) is 6.92 Å². The SMILES string of the molecule is Cc1ccc(S(=O)(=O)c2c(C)cc(C)n(CC(=O)NC3CCCCC3)c2=O)cc1. The van der Waals surface area contributed by atoms with Crippen LogP contribution in [0.1, 0.15) is 48.9 Å². The van der Waals surface area contributed by atoms with Crippen LogP contribution in [0.2, 0.25) is 0 Å². The van der Waals surface area contributed by atoms with Crippen molar-refractivity contribution < 1.29 is 13.2 Å². The van der Waals surface area contributed by atoms with E-state index in [4.69, 9.17) is 0 Å². The van der Waals surface area contributed by atoms with Gasteiger partial charge in [-0.3, -0.25) is 9.59 Å². The lowest BCUT2D eigenvalue weighted by atomic mass is 9.95. The van der Waals surface area contributed by atoms with E-state index in [1.165, 1.54) is 23.1 Å². The van der Waals surface area contributed by atoms with Crippen molar-refractivity contribution in [2.75, 3.05) is 0 Å². The number of pyridine rings is 1. The topological polar surface area (TPSA) is 85.2 Å². The third kappa shape index (κ3) is 4.61. The predicted molar refractivity (Wildman–Crippen MR) is 112 cm³/mol. The maximum absolute atomic E-state index is 13.1. The fourth-order valence-corrected chi connectivity index (χ4v) is 5.48. The normalized spacial score (nSPS) is 15.3. The number of aromatic nitrogens is 1. The first-order chi connectivity index (χ1) is 13.7. The molecule has 1 aromatic carbocycles. The highest BCUT2D eigenvalue weighted by Gasteiger charge is 2.26. The summed E-state index contributed by atoms with van der Waals surface area (Å²) in [6.45, 7) is 5.01. The maximum Gasteiger partial charge on any atom is 0.270 e. The number of carbonyl (C=O) groups is 1. The summed E-state index contributed by atoms with van der Waals surface area (Å²) >= 11 is 0. The van der Waals surface area contributed by atoms with Gasteiger partial charge in [0.1, 0.15) is 11.4 Å². The molecule has 156 valence electrons. The molecule has 1 N–H and O–H groups in total. The molecule has 29 heavy (non-hydrogen) atoms. The fourth-order valence-electron chi connectivity index (χ4n) is 3.93. The molecule has 0 unspecified atom stereocenters. The van der Waals surface area contributed by atoms with Gasteiger partial charge >= 0.3 is 0 Å². The molecular formula is C22H28N2O4S. The van der Waals surface area contributed by atoms with Gasteiger partial charge in [0.15, 0.2) is 0 Å². The number of rotatable bonds is 5. The van der Waals surface area contributed by atoms with Crippen LogP contribution in [-0.2, 0) is 21.2 Å². The molecule has 3 rings (SSSR count). The van der Waals surface area contributed by atoms with Gasteiger partial charge in [0, 0.05) is 11.7 Å². The quantitative estimate of drug-likeness (QED) is 0.812. The number of sulfone groups is 1. The van der Waals surface area contributed by atoms with Crippen LogP contribution in [0.25, 0.3) is 0 Å². The summed E-state index contributed by atoms with van der Waals surface area (Å²) in [4.78, 5) is 25.5. The molecule has 1 fully saturated rings. The molecule has 1 saturated carbocycles. The Morgan fingerprint density at radius 2 is 1.69 bits per heavy atom. The van der Waals surface area contributed by atoms with Gasteiger partial charge in [0.25, 0.3) is 5.56 Å². The lowest BCUT2D eigenvalue weighted by Gasteiger charge is -2.23. The van der Waals surface area contributed by atoms with E-state index in [2.05, 4.69) is 5.32 Å². The third-order valence-corrected chi connectivity index (χ3v) is 7.45. The van der Waals surface area contributed by atoms with E-state index in [0.717, 1.165) is 31.2 Å². The number of aryl methyl sites for hydroxylation is 3. The zero-order valence-corrected chi connectivity index (χ0v) is 18.0. The Labute approximate surface area is 171 Å². The van der Waals surface area contributed by atoms with Crippen molar-refractivity contribution in [2.45, 2.75) is 75.3 Å². The van der Waals surface area contributed by atoms with Crippen LogP contribution in [0, 0.1) is 20.8 Å². The Hall–Kier alpha value is -2.41. The largest absolute Gasteiger partial charge is 0.352 e. The van der Waals surface area contributed by atoms with E-state index >= 15 is 0 Å². The van der Waals surface area contributed by atoms with Gasteiger partial charge in [0.2, 0.25) is 15.7 Å². The summed E-state index contributed by atoms with van der Waals surface area (Å²) in [6.07, 6.45) is 5.26. The molecule has 0 spiro atoms. The number of nitrogens with one attached hydrogen (secondary N) is 1. The Morgan fingerprint density at radius 1 is 1.07 bits per heavy atom. The zero-order chi connectivity index (χ0) is 21.2. The number of hydrogen-bond acceptors (Lipinski definition) is 4. The molecule has 1 heterocycles. The van der Waals surface area contributed by atoms with Crippen molar-refractivity contribution in [3.63, 3.8) is 0 Å². The third-order valence-electron chi connectivity index (χ3n) is 5.52. The van der Waals surface area contributed by atoms with Crippen LogP contribution >= 0.6 is 0 Å². The van der Waals surface area contributed by atoms with Crippen LogP contribution in [0.4, 0.5) is 0 Å². The van der Waals surface area contributed by atoms with Gasteiger partial charge < -0.3 is 9.88 Å². The Morgan fingerprint density at radius 3 is 2.31 bits per heavy atom. The molecule has 1 aromatic heterocycles. The maximum atomic E-state index is 13.1. The smallest absolute Gasteiger partial charge is 0.270 e. The average molecular weight is 417 g/mol. The molecule has 7 heteroatoms. The molecule has 1 aliphatic rings. The summed E-state index contributed by atoms with van der Waals surface area (Å²) in [6, 6.07) is 8.19. The van der Waals surface area contributed by atoms with Crippen molar-refractivity contribution >= 4 is 15.7 Å². The monoisotopic (exact) mass is 416 g/mol. The van der Waals surface area contributed by atoms with Crippen molar-refractivity contribution in [2.24, 2.45) is 0 Å². The Bertz CT molecular complexity index is 1060. The highest BCUT2D eigenvalue weighted by molar-refractivity contribution is 7.91. The number of carbonyl (C=O) groups excluding carboxylic acids is 1. The summed E-state index contributed by atoms with van der Waals surface area (Å²) in [5.41, 5.74) is 1.23. The first kappa shape index (κ1) is 21.3. The number of benzene rings is 1. The molecule has 0 bridgehead atoms. The lowest BCUT2D eigenvalue weighted by molar-refractivity contribution is -0.122. The molecular weight excluding hydrogens is 388 g/mol. The van der Waals surface area contributed by atoms with E-state index in [0.29, 0.717) is 11.3 Å². The van der Waals surface area contributed by atoms with Crippen LogP contribution in [-0.4, -0.2) is 24.9 Å². The number of hydrogen-bond donors (Lipinski definition) is 1. The first-order valence-electron chi connectivity index (χ1n) is 10.0. The first-order valence-corrected chi connectivity index (χ1v) is 11.5. The summed E-state index contributed by atoms with van der Waals surface area (Å²) in [5, 5.41) is 2.98. The van der Waals surface area contributed by atoms with Crippen LogP contribution < -0.4 is 10.9 Å². The van der Waals surface area contributed by atoms with E-state index < -0.39 is 15.4 Å². The fraction of sp³-hybridized carbons (Fsp3) is 0.455. The van der Waals surface area contributed by atoms with Gasteiger partial charge in [-0.05, 0) is 57.4 Å². The van der Waals surface area contributed by atoms with E-state index in [1.54, 1.807) is 32.0 Å². The second-order valence-electron chi connectivity index (χ2n) is 7.91. The van der Waals surface area contributed by atoms with Crippen molar-refractivity contribution in [3.05, 3.63) is 57.5 Å². The minimum absolute atomic E-state index is 0.0744. The van der Waals surface area contributed by atoms with Crippen LogP contribution in [0.15, 0.2) is 44.9 Å². The van der Waals surface area contributed by atoms with Gasteiger partial charge in [-0.1, -0.05) is 37.0 Å². The highest BCUT2D eigenvalue weighted by atomic mass is 32.2. The van der Waals surface area contributed by atoms with E-state index in [-0.39, 0.29) is 28.3 Å². The Kier molecular flexibility index (Phi) is 6.27. The van der Waals surface area contributed by atoms with E-state index in [9.17, 15) is 18.0 Å². The lowest BCUT2D eigenvalue weighted by Crippen LogP contribution is -2.41. The molecule has 0 radical (unpaired) electrons. The zero-order valence-electron chi connectivity index (χ0n) is 17.2. The predicted octanol–water partition coefficient (Wildman–Crippen LogP) is 3.06. The van der Waals surface area contributed by atoms with Crippen molar-refractivity contribution in [3.8, 4) is 0 Å². The van der Waals surface area contributed by atoms with Crippen LogP contribution in [0.5, 0.6) is 0 Å². The Balaban J connectivity index is 1.95. The number of nitrogens with zero attached hydrogens (tertiary/aromatic N) is 1. The summed E-state index contributed by atoms with van der Waals surface area (Å²) in [7, 11) is -3.98. The minimum atomic E-state index is -3.98. The van der Waals surface area contributed by atoms with Gasteiger partial charge in [-0.15, -0.1) is 0 Å². The highest BCUT2D eigenvalue weighted by Crippen LogP contribution is 2.22. The molecule has 0 aliphatic heterocycles. The molecule has 1 amide bonds. The van der Waals surface area contributed by atoms with Gasteiger partial charge in [-0.25, -0.2) is 8.42 Å². The minimum Gasteiger partial charge on any atom is -0.352 e. The van der Waals surface area contributed by atoms with Gasteiger partial charge in [-0.2, -0.15) is 0 Å². The second-order valence-corrected chi connectivity index (χ2v) is 9.79. The molecule has 2 aromatic rings. The standard InChI is InChI=1S/C22H28N2O4S/c1-15-9-11-19(12-10-15)29(27,28)21-16(2)13-17(3)24(22(21)26)14-20(25)23-18-7-5-4-6-8-18/h9-13,18H,4-8,14H2,1-3H3,(H,23,25). The van der Waals surface area contributed by atoms with Crippen molar-refractivity contribution in [1.82, 2.24) is 9.88 Å². The second kappa shape index (κ2) is 8.53. The molecule has 0 saturated heterocycles. The molecule has 0 atom stereocenters. The average Bonchev–Trinajstić information content (AvgIpc) is 2.66. The van der Waals surface area contributed by atoms with Crippen LogP contribution in [0.3, 0.4) is 0 Å². The van der Waals surface area contributed by atoms with Gasteiger partial charge in [0.05, 0.1) is 4.90 Å². The number of amides is 1. The summed E-state index contributed by atoms with van der Waals surface area (Å²) in [5.74, 6) is -0.260. The van der Waals surface area contributed by atoms with Crippen molar-refractivity contribution in [1.29, 1.82) is 0 Å². The summed E-state index contributed by atoms with van der Waals surface area (Å²) < 4.78 is 27.5. The molecule has 6 nitrogen and oxygen atoms in total.